The third kappa shape index (κ3) is 2.26. The van der Waals surface area contributed by atoms with Gasteiger partial charge in [-0.3, -0.25) is 0 Å². The molecular weight excluding hydrogens is 238 g/mol. The normalized spacial score (nSPS) is 31.2. The first-order valence-electron chi connectivity index (χ1n) is 7.17. The van der Waals surface area contributed by atoms with Crippen molar-refractivity contribution in [2.24, 2.45) is 0 Å². The van der Waals surface area contributed by atoms with Crippen molar-refractivity contribution in [1.82, 2.24) is 4.90 Å². The van der Waals surface area contributed by atoms with E-state index in [9.17, 15) is 5.11 Å². The van der Waals surface area contributed by atoms with Crippen LogP contribution in [0.25, 0.3) is 0 Å². The Hall–Kier alpha value is -1.06. The molecule has 1 heterocycles. The van der Waals surface area contributed by atoms with Gasteiger partial charge in [-0.25, -0.2) is 0 Å². The summed E-state index contributed by atoms with van der Waals surface area (Å²) in [5, 5.41) is 10.1. The van der Waals surface area contributed by atoms with E-state index in [2.05, 4.69) is 24.1 Å². The van der Waals surface area contributed by atoms with E-state index in [1.54, 1.807) is 7.11 Å². The molecule has 1 aliphatic heterocycles. The van der Waals surface area contributed by atoms with Gasteiger partial charge >= 0.3 is 0 Å². The first-order valence-corrected chi connectivity index (χ1v) is 7.17. The summed E-state index contributed by atoms with van der Waals surface area (Å²) in [6.07, 6.45) is 3.97. The number of benzene rings is 1. The minimum Gasteiger partial charge on any atom is -0.497 e. The van der Waals surface area contributed by atoms with Crippen LogP contribution in [0.5, 0.6) is 5.75 Å². The van der Waals surface area contributed by atoms with E-state index in [-0.39, 0.29) is 11.5 Å². The molecule has 3 nitrogen and oxygen atoms in total. The zero-order chi connectivity index (χ0) is 13.5. The van der Waals surface area contributed by atoms with Crippen LogP contribution < -0.4 is 4.74 Å². The van der Waals surface area contributed by atoms with E-state index in [0.717, 1.165) is 38.1 Å². The molecule has 1 N–H and O–H groups in total. The predicted octanol–water partition coefficient (Wildman–Crippen LogP) is 2.31. The van der Waals surface area contributed by atoms with Crippen LogP contribution in [0.3, 0.4) is 0 Å². The van der Waals surface area contributed by atoms with Crippen molar-refractivity contribution in [3.8, 4) is 5.75 Å². The summed E-state index contributed by atoms with van der Waals surface area (Å²) < 4.78 is 5.39. The fourth-order valence-electron chi connectivity index (χ4n) is 3.98. The van der Waals surface area contributed by atoms with Gasteiger partial charge in [0.05, 0.1) is 13.2 Å². The van der Waals surface area contributed by atoms with Gasteiger partial charge in [-0.2, -0.15) is 0 Å². The lowest BCUT2D eigenvalue weighted by atomic mass is 9.65. The number of methoxy groups -OCH3 is 1. The van der Waals surface area contributed by atoms with Crippen LogP contribution in [0.15, 0.2) is 18.2 Å². The number of nitrogens with zero attached hydrogens (tertiary/aromatic N) is 1. The van der Waals surface area contributed by atoms with Crippen molar-refractivity contribution < 1.29 is 9.84 Å². The van der Waals surface area contributed by atoms with Gasteiger partial charge in [-0.1, -0.05) is 6.07 Å². The van der Waals surface area contributed by atoms with Gasteiger partial charge in [0.15, 0.2) is 0 Å². The molecule has 2 unspecified atom stereocenters. The molecule has 1 fully saturated rings. The van der Waals surface area contributed by atoms with Crippen LogP contribution in [0.4, 0.5) is 0 Å². The maximum atomic E-state index is 10.1. The highest BCUT2D eigenvalue weighted by atomic mass is 16.5. The summed E-state index contributed by atoms with van der Waals surface area (Å²) in [6.45, 7) is 2.04. The molecule has 3 heteroatoms. The highest BCUT2D eigenvalue weighted by Crippen LogP contribution is 2.45. The molecule has 0 aromatic heterocycles. The minimum absolute atomic E-state index is 0.120. The van der Waals surface area contributed by atoms with E-state index < -0.39 is 0 Å². The molecule has 3 rings (SSSR count). The SMILES string of the molecule is COc1ccc2c(c1)C1(CCCC(O)C1)CN(C)C2. The maximum Gasteiger partial charge on any atom is 0.119 e. The van der Waals surface area contributed by atoms with Crippen LogP contribution in [0, 0.1) is 0 Å². The molecular formula is C16H23NO2. The molecule has 1 aliphatic carbocycles. The van der Waals surface area contributed by atoms with Crippen LogP contribution in [0.2, 0.25) is 0 Å². The summed E-state index contributed by atoms with van der Waals surface area (Å²) in [4.78, 5) is 2.38. The second-order valence-electron chi connectivity index (χ2n) is 6.23. The summed E-state index contributed by atoms with van der Waals surface area (Å²) in [7, 11) is 3.90. The van der Waals surface area contributed by atoms with Gasteiger partial charge in [0.25, 0.3) is 0 Å². The molecule has 0 amide bonds. The number of likely N-dealkylation sites (N-methyl/N-ethyl adjacent to an activating group) is 1. The van der Waals surface area contributed by atoms with E-state index >= 15 is 0 Å². The summed E-state index contributed by atoms with van der Waals surface area (Å²) in [5.74, 6) is 0.933. The van der Waals surface area contributed by atoms with Gasteiger partial charge in [0.1, 0.15) is 5.75 Å². The van der Waals surface area contributed by atoms with Gasteiger partial charge in [-0.15, -0.1) is 0 Å². The number of aliphatic hydroxyl groups excluding tert-OH is 1. The highest BCUT2D eigenvalue weighted by Gasteiger charge is 2.42. The molecule has 104 valence electrons. The topological polar surface area (TPSA) is 32.7 Å². The second kappa shape index (κ2) is 4.80. The Morgan fingerprint density at radius 1 is 1.42 bits per heavy atom. The molecule has 1 saturated carbocycles. The van der Waals surface area contributed by atoms with Crippen LogP contribution >= 0.6 is 0 Å². The Morgan fingerprint density at radius 3 is 3.00 bits per heavy atom. The lowest BCUT2D eigenvalue weighted by Crippen LogP contribution is -2.47. The Labute approximate surface area is 115 Å². The summed E-state index contributed by atoms with van der Waals surface area (Å²) in [6, 6.07) is 6.43. The standard InChI is InChI=1S/C16H23NO2/c1-17-10-12-5-6-14(19-2)8-15(12)16(11-17)7-3-4-13(18)9-16/h5-6,8,13,18H,3-4,7,9-11H2,1-2H3. The molecule has 1 aromatic carbocycles. The van der Waals surface area contributed by atoms with Crippen LogP contribution in [-0.2, 0) is 12.0 Å². The Bertz CT molecular complexity index is 474. The first kappa shape index (κ1) is 12.9. The Balaban J connectivity index is 2.06. The van der Waals surface area contributed by atoms with Crippen LogP contribution in [-0.4, -0.2) is 36.8 Å². The molecule has 1 spiro atoms. The fourth-order valence-corrected chi connectivity index (χ4v) is 3.98. The number of fused-ring (bicyclic) bond motifs is 2. The molecule has 0 radical (unpaired) electrons. The Morgan fingerprint density at radius 2 is 2.26 bits per heavy atom. The van der Waals surface area contributed by atoms with Crippen molar-refractivity contribution in [3.05, 3.63) is 29.3 Å². The van der Waals surface area contributed by atoms with E-state index in [1.807, 2.05) is 6.07 Å². The van der Waals surface area contributed by atoms with Crippen molar-refractivity contribution in [2.45, 2.75) is 43.7 Å². The van der Waals surface area contributed by atoms with Gasteiger partial charge in [-0.05, 0) is 56.0 Å². The quantitative estimate of drug-likeness (QED) is 0.842. The van der Waals surface area contributed by atoms with Gasteiger partial charge in [0, 0.05) is 18.5 Å². The molecule has 2 atom stereocenters. The molecule has 0 saturated heterocycles. The molecule has 0 bridgehead atoms. The van der Waals surface area contributed by atoms with Gasteiger partial charge in [0.2, 0.25) is 0 Å². The number of hydrogen-bond donors (Lipinski definition) is 1. The monoisotopic (exact) mass is 261 g/mol. The zero-order valence-electron chi connectivity index (χ0n) is 11.9. The summed E-state index contributed by atoms with van der Waals surface area (Å²) >= 11 is 0. The number of aliphatic hydroxyl groups is 1. The molecule has 19 heavy (non-hydrogen) atoms. The Kier molecular flexibility index (Phi) is 3.27. The molecule has 2 aliphatic rings. The first-order chi connectivity index (χ1) is 9.13. The zero-order valence-corrected chi connectivity index (χ0v) is 11.9. The van der Waals surface area contributed by atoms with Crippen molar-refractivity contribution in [1.29, 1.82) is 0 Å². The maximum absolute atomic E-state index is 10.1. The average Bonchev–Trinajstić information content (AvgIpc) is 2.38. The number of hydrogen-bond acceptors (Lipinski definition) is 3. The van der Waals surface area contributed by atoms with Crippen LogP contribution in [0.1, 0.15) is 36.8 Å². The van der Waals surface area contributed by atoms with Crippen molar-refractivity contribution >= 4 is 0 Å². The average molecular weight is 261 g/mol. The molecule has 1 aromatic rings. The highest BCUT2D eigenvalue weighted by molar-refractivity contribution is 5.43. The number of ether oxygens (including phenoxy) is 1. The second-order valence-corrected chi connectivity index (χ2v) is 6.23. The third-order valence-electron chi connectivity index (χ3n) is 4.72. The fraction of sp³-hybridized carbons (Fsp3) is 0.625. The minimum atomic E-state index is -0.153. The van der Waals surface area contributed by atoms with Crippen molar-refractivity contribution in [3.63, 3.8) is 0 Å². The lowest BCUT2D eigenvalue weighted by Gasteiger charge is -2.47. The van der Waals surface area contributed by atoms with Crippen molar-refractivity contribution in [2.75, 3.05) is 20.7 Å². The lowest BCUT2D eigenvalue weighted by molar-refractivity contribution is 0.0599. The third-order valence-corrected chi connectivity index (χ3v) is 4.72. The van der Waals surface area contributed by atoms with E-state index in [1.165, 1.54) is 17.5 Å². The predicted molar refractivity (Wildman–Crippen MR) is 75.5 cm³/mol. The van der Waals surface area contributed by atoms with Gasteiger partial charge < -0.3 is 14.7 Å². The summed E-state index contributed by atoms with van der Waals surface area (Å²) in [5.41, 5.74) is 2.92. The largest absolute Gasteiger partial charge is 0.497 e. The van der Waals surface area contributed by atoms with E-state index in [4.69, 9.17) is 4.74 Å². The van der Waals surface area contributed by atoms with E-state index in [0.29, 0.717) is 0 Å². The number of rotatable bonds is 1. The smallest absolute Gasteiger partial charge is 0.119 e.